The second-order valence-corrected chi connectivity index (χ2v) is 8.27. The predicted octanol–water partition coefficient (Wildman–Crippen LogP) is 3.67. The standard InChI is InChI=1S/C23H26ClN5O2/c1-2-17-7-9-18(10-8-17)21-26-28-29(27-21)16-23(11-13-31-14-12-23)22(30)25-15-19-5-3-4-6-20(19)24/h3-10H,2,11-16H2,1H3,(H,25,30). The van der Waals surface area contributed by atoms with Crippen LogP contribution in [0.2, 0.25) is 5.02 Å². The fraction of sp³-hybridized carbons (Fsp3) is 0.391. The molecule has 1 amide bonds. The van der Waals surface area contributed by atoms with Gasteiger partial charge in [-0.05, 0) is 41.7 Å². The minimum Gasteiger partial charge on any atom is -0.381 e. The molecule has 0 atom stereocenters. The Kier molecular flexibility index (Phi) is 6.63. The van der Waals surface area contributed by atoms with Crippen LogP contribution in [0.5, 0.6) is 0 Å². The minimum absolute atomic E-state index is 0.0399. The number of rotatable bonds is 7. The Morgan fingerprint density at radius 3 is 2.61 bits per heavy atom. The van der Waals surface area contributed by atoms with Gasteiger partial charge < -0.3 is 10.1 Å². The molecule has 1 N–H and O–H groups in total. The molecule has 4 rings (SSSR count). The number of aromatic nitrogens is 4. The van der Waals surface area contributed by atoms with Gasteiger partial charge in [-0.15, -0.1) is 10.2 Å². The highest BCUT2D eigenvalue weighted by molar-refractivity contribution is 6.31. The molecule has 0 bridgehead atoms. The van der Waals surface area contributed by atoms with Crippen LogP contribution >= 0.6 is 11.6 Å². The molecule has 2 aromatic carbocycles. The molecule has 0 radical (unpaired) electrons. The SMILES string of the molecule is CCc1ccc(-c2nnn(CC3(C(=O)NCc4ccccc4Cl)CCOCC3)n2)cc1. The van der Waals surface area contributed by atoms with Gasteiger partial charge in [0.15, 0.2) is 0 Å². The third-order valence-corrected chi connectivity index (χ3v) is 6.21. The Bertz CT molecular complexity index is 1030. The van der Waals surface area contributed by atoms with Gasteiger partial charge in [0.1, 0.15) is 0 Å². The maximum absolute atomic E-state index is 13.3. The summed E-state index contributed by atoms with van der Waals surface area (Å²) in [6, 6.07) is 15.6. The molecule has 2 heterocycles. The lowest BCUT2D eigenvalue weighted by Crippen LogP contribution is -2.47. The van der Waals surface area contributed by atoms with Crippen LogP contribution in [0.25, 0.3) is 11.4 Å². The molecule has 1 aliphatic heterocycles. The number of hydrogen-bond acceptors (Lipinski definition) is 5. The third-order valence-electron chi connectivity index (χ3n) is 5.85. The Morgan fingerprint density at radius 2 is 1.90 bits per heavy atom. The van der Waals surface area contributed by atoms with E-state index in [1.807, 2.05) is 36.4 Å². The lowest BCUT2D eigenvalue weighted by molar-refractivity contribution is -0.138. The van der Waals surface area contributed by atoms with E-state index < -0.39 is 5.41 Å². The normalized spacial score (nSPS) is 15.5. The molecule has 1 aromatic heterocycles. The van der Waals surface area contributed by atoms with Crippen molar-refractivity contribution in [2.45, 2.75) is 39.3 Å². The van der Waals surface area contributed by atoms with Crippen molar-refractivity contribution in [3.63, 3.8) is 0 Å². The molecular weight excluding hydrogens is 414 g/mol. The van der Waals surface area contributed by atoms with Gasteiger partial charge in [-0.25, -0.2) is 0 Å². The third kappa shape index (κ3) is 4.94. The molecule has 162 valence electrons. The average Bonchev–Trinajstić information content (AvgIpc) is 3.27. The molecule has 7 nitrogen and oxygen atoms in total. The summed E-state index contributed by atoms with van der Waals surface area (Å²) < 4.78 is 5.52. The Labute approximate surface area is 186 Å². The Morgan fingerprint density at radius 1 is 1.16 bits per heavy atom. The van der Waals surface area contributed by atoms with Crippen LogP contribution in [0, 0.1) is 5.41 Å². The van der Waals surface area contributed by atoms with Crippen molar-refractivity contribution in [1.82, 2.24) is 25.5 Å². The smallest absolute Gasteiger partial charge is 0.228 e. The van der Waals surface area contributed by atoms with Gasteiger partial charge >= 0.3 is 0 Å². The first-order valence-corrected chi connectivity index (χ1v) is 10.9. The van der Waals surface area contributed by atoms with Crippen molar-refractivity contribution in [3.05, 3.63) is 64.7 Å². The summed E-state index contributed by atoms with van der Waals surface area (Å²) >= 11 is 6.23. The van der Waals surface area contributed by atoms with Gasteiger partial charge in [0.25, 0.3) is 0 Å². The van der Waals surface area contributed by atoms with Gasteiger partial charge in [-0.1, -0.05) is 61.0 Å². The molecule has 8 heteroatoms. The second-order valence-electron chi connectivity index (χ2n) is 7.86. The maximum atomic E-state index is 13.3. The highest BCUT2D eigenvalue weighted by Gasteiger charge is 2.41. The van der Waals surface area contributed by atoms with Crippen LogP contribution in [-0.2, 0) is 29.0 Å². The van der Waals surface area contributed by atoms with E-state index in [-0.39, 0.29) is 5.91 Å². The van der Waals surface area contributed by atoms with Crippen molar-refractivity contribution in [2.24, 2.45) is 5.41 Å². The highest BCUT2D eigenvalue weighted by atomic mass is 35.5. The molecule has 1 aliphatic rings. The quantitative estimate of drug-likeness (QED) is 0.607. The number of tetrazole rings is 1. The number of nitrogens with zero attached hydrogens (tertiary/aromatic N) is 4. The van der Waals surface area contributed by atoms with E-state index in [1.54, 1.807) is 0 Å². The zero-order chi connectivity index (χ0) is 21.7. The minimum atomic E-state index is -0.649. The first-order chi connectivity index (χ1) is 15.1. The van der Waals surface area contributed by atoms with Gasteiger partial charge in [-0.3, -0.25) is 4.79 Å². The molecule has 0 saturated carbocycles. The molecule has 31 heavy (non-hydrogen) atoms. The number of nitrogens with one attached hydrogen (secondary N) is 1. The fourth-order valence-electron chi connectivity index (χ4n) is 3.81. The lowest BCUT2D eigenvalue weighted by atomic mass is 9.79. The summed E-state index contributed by atoms with van der Waals surface area (Å²) in [4.78, 5) is 14.8. The predicted molar refractivity (Wildman–Crippen MR) is 118 cm³/mol. The molecule has 1 saturated heterocycles. The van der Waals surface area contributed by atoms with E-state index in [0.717, 1.165) is 17.5 Å². The van der Waals surface area contributed by atoms with Crippen molar-refractivity contribution in [3.8, 4) is 11.4 Å². The van der Waals surface area contributed by atoms with Crippen LogP contribution in [0.1, 0.15) is 30.9 Å². The molecule has 0 unspecified atom stereocenters. The molecular formula is C23H26ClN5O2. The van der Waals surface area contributed by atoms with Crippen LogP contribution in [0.4, 0.5) is 0 Å². The van der Waals surface area contributed by atoms with Crippen LogP contribution in [-0.4, -0.2) is 39.3 Å². The Balaban J connectivity index is 1.49. The van der Waals surface area contributed by atoms with E-state index in [9.17, 15) is 4.79 Å². The van der Waals surface area contributed by atoms with Crippen molar-refractivity contribution >= 4 is 17.5 Å². The summed E-state index contributed by atoms with van der Waals surface area (Å²) in [5, 5.41) is 16.7. The van der Waals surface area contributed by atoms with E-state index in [4.69, 9.17) is 16.3 Å². The second kappa shape index (κ2) is 9.58. The Hall–Kier alpha value is -2.77. The average molecular weight is 440 g/mol. The lowest BCUT2D eigenvalue weighted by Gasteiger charge is -2.35. The number of ether oxygens (including phenoxy) is 1. The van der Waals surface area contributed by atoms with E-state index >= 15 is 0 Å². The van der Waals surface area contributed by atoms with E-state index in [1.165, 1.54) is 10.4 Å². The van der Waals surface area contributed by atoms with Gasteiger partial charge in [0, 0.05) is 30.3 Å². The summed E-state index contributed by atoms with van der Waals surface area (Å²) in [6.45, 7) is 3.90. The van der Waals surface area contributed by atoms with Crippen molar-refractivity contribution in [1.29, 1.82) is 0 Å². The van der Waals surface area contributed by atoms with Gasteiger partial charge in [0.05, 0.1) is 12.0 Å². The number of aryl methyl sites for hydroxylation is 1. The fourth-order valence-corrected chi connectivity index (χ4v) is 4.01. The summed E-state index contributed by atoms with van der Waals surface area (Å²) in [6.07, 6.45) is 2.18. The van der Waals surface area contributed by atoms with E-state index in [0.29, 0.717) is 50.0 Å². The summed E-state index contributed by atoms with van der Waals surface area (Å²) in [7, 11) is 0. The van der Waals surface area contributed by atoms with Crippen LogP contribution < -0.4 is 5.32 Å². The first-order valence-electron chi connectivity index (χ1n) is 10.6. The zero-order valence-corrected chi connectivity index (χ0v) is 18.3. The number of hydrogen-bond donors (Lipinski definition) is 1. The van der Waals surface area contributed by atoms with Gasteiger partial charge in [0.2, 0.25) is 11.7 Å². The highest BCUT2D eigenvalue weighted by Crippen LogP contribution is 2.33. The number of carbonyl (C=O) groups excluding carboxylic acids is 1. The zero-order valence-electron chi connectivity index (χ0n) is 17.6. The number of halogens is 1. The van der Waals surface area contributed by atoms with Crippen LogP contribution in [0.3, 0.4) is 0 Å². The monoisotopic (exact) mass is 439 g/mol. The number of amides is 1. The molecule has 0 aliphatic carbocycles. The van der Waals surface area contributed by atoms with E-state index in [2.05, 4.69) is 39.8 Å². The van der Waals surface area contributed by atoms with Gasteiger partial charge in [-0.2, -0.15) is 4.80 Å². The summed E-state index contributed by atoms with van der Waals surface area (Å²) in [5.41, 5.74) is 2.40. The largest absolute Gasteiger partial charge is 0.381 e. The van der Waals surface area contributed by atoms with Crippen LogP contribution in [0.15, 0.2) is 48.5 Å². The maximum Gasteiger partial charge on any atom is 0.228 e. The summed E-state index contributed by atoms with van der Waals surface area (Å²) in [5.74, 6) is 0.517. The van der Waals surface area contributed by atoms with Crippen molar-refractivity contribution in [2.75, 3.05) is 13.2 Å². The molecule has 1 fully saturated rings. The number of benzene rings is 2. The topological polar surface area (TPSA) is 81.9 Å². The molecule has 3 aromatic rings. The number of carbonyl (C=O) groups is 1. The van der Waals surface area contributed by atoms with Crippen molar-refractivity contribution < 1.29 is 9.53 Å². The first kappa shape index (κ1) is 21.5. The molecule has 0 spiro atoms.